The number of rotatable bonds is 6. The highest BCUT2D eigenvalue weighted by Crippen LogP contribution is 2.19. The second-order valence-corrected chi connectivity index (χ2v) is 6.02. The lowest BCUT2D eigenvalue weighted by Gasteiger charge is -2.21. The Morgan fingerprint density at radius 1 is 1.04 bits per heavy atom. The van der Waals surface area contributed by atoms with E-state index in [1.807, 2.05) is 0 Å². The van der Waals surface area contributed by atoms with Gasteiger partial charge in [0.05, 0.1) is 0 Å². The average Bonchev–Trinajstić information content (AvgIpc) is 2.56. The van der Waals surface area contributed by atoms with E-state index < -0.39 is 0 Å². The molecule has 0 radical (unpaired) electrons. The summed E-state index contributed by atoms with van der Waals surface area (Å²) in [6, 6.07) is 13.6. The monoisotopic (exact) mass is 358 g/mol. The van der Waals surface area contributed by atoms with E-state index in [9.17, 15) is 14.4 Å². The van der Waals surface area contributed by atoms with Gasteiger partial charge in [0, 0.05) is 41.9 Å². The molecule has 2 aromatic carbocycles. The van der Waals surface area contributed by atoms with Crippen LogP contribution in [0.2, 0.25) is 5.02 Å². The van der Waals surface area contributed by atoms with E-state index in [1.165, 1.54) is 18.7 Å². The fourth-order valence-corrected chi connectivity index (χ4v) is 2.47. The zero-order chi connectivity index (χ0) is 18.4. The normalized spacial score (nSPS) is 10.2. The summed E-state index contributed by atoms with van der Waals surface area (Å²) in [6.45, 7) is 3.16. The van der Waals surface area contributed by atoms with E-state index >= 15 is 0 Å². The lowest BCUT2D eigenvalue weighted by Crippen LogP contribution is -2.31. The van der Waals surface area contributed by atoms with Crippen LogP contribution in [-0.4, -0.2) is 24.1 Å². The molecule has 2 aromatic rings. The van der Waals surface area contributed by atoms with Gasteiger partial charge < -0.3 is 10.2 Å². The van der Waals surface area contributed by atoms with Crippen LogP contribution in [0.3, 0.4) is 0 Å². The molecule has 6 heteroatoms. The van der Waals surface area contributed by atoms with E-state index in [2.05, 4.69) is 5.32 Å². The molecule has 0 unspecified atom stereocenters. The highest BCUT2D eigenvalue weighted by molar-refractivity contribution is 6.30. The number of carbonyl (C=O) groups excluding carboxylic acids is 3. The van der Waals surface area contributed by atoms with Crippen LogP contribution >= 0.6 is 11.6 Å². The lowest BCUT2D eigenvalue weighted by atomic mass is 10.1. The maximum atomic E-state index is 12.2. The van der Waals surface area contributed by atoms with Crippen molar-refractivity contribution in [3.63, 3.8) is 0 Å². The van der Waals surface area contributed by atoms with Gasteiger partial charge in [-0.15, -0.1) is 0 Å². The Labute approximate surface area is 151 Å². The Morgan fingerprint density at radius 2 is 1.72 bits per heavy atom. The Bertz CT molecular complexity index is 788. The molecule has 0 saturated carbocycles. The lowest BCUT2D eigenvalue weighted by molar-refractivity contribution is -0.117. The van der Waals surface area contributed by atoms with Gasteiger partial charge in [0.25, 0.3) is 0 Å². The minimum Gasteiger partial charge on any atom is -0.326 e. The molecular formula is C19H19ClN2O3. The molecule has 2 amide bonds. The number of nitrogens with zero attached hydrogens (tertiary/aromatic N) is 1. The van der Waals surface area contributed by atoms with E-state index in [4.69, 9.17) is 11.6 Å². The summed E-state index contributed by atoms with van der Waals surface area (Å²) in [5.41, 5.74) is 1.77. The quantitative estimate of drug-likeness (QED) is 0.796. The molecule has 25 heavy (non-hydrogen) atoms. The predicted molar refractivity (Wildman–Crippen MR) is 99.2 cm³/mol. The predicted octanol–water partition coefficient (Wildman–Crippen LogP) is 3.92. The highest BCUT2D eigenvalue weighted by atomic mass is 35.5. The smallest absolute Gasteiger partial charge is 0.226 e. The molecule has 0 saturated heterocycles. The number of hydrogen-bond donors (Lipinski definition) is 1. The minimum absolute atomic E-state index is 0.0680. The molecular weight excluding hydrogens is 340 g/mol. The van der Waals surface area contributed by atoms with Crippen molar-refractivity contribution in [2.24, 2.45) is 0 Å². The molecule has 0 aromatic heterocycles. The molecule has 0 aliphatic carbocycles. The van der Waals surface area contributed by atoms with Crippen molar-refractivity contribution < 1.29 is 14.4 Å². The fourth-order valence-electron chi connectivity index (χ4n) is 2.34. The number of hydrogen-bond acceptors (Lipinski definition) is 3. The summed E-state index contributed by atoms with van der Waals surface area (Å²) < 4.78 is 0. The number of Topliss-reactive ketones (excluding diaryl/α,β-unsaturated/α-hetero) is 1. The van der Waals surface area contributed by atoms with Crippen LogP contribution in [0.25, 0.3) is 0 Å². The van der Waals surface area contributed by atoms with Crippen LogP contribution in [0, 0.1) is 0 Å². The fraction of sp³-hybridized carbons (Fsp3) is 0.211. The largest absolute Gasteiger partial charge is 0.326 e. The van der Waals surface area contributed by atoms with Crippen LogP contribution in [0.1, 0.15) is 30.6 Å². The summed E-state index contributed by atoms with van der Waals surface area (Å²) in [6.07, 6.45) is 0.131. The number of carbonyl (C=O) groups is 3. The topological polar surface area (TPSA) is 66.5 Å². The van der Waals surface area contributed by atoms with Crippen molar-refractivity contribution in [1.29, 1.82) is 0 Å². The van der Waals surface area contributed by atoms with E-state index in [0.29, 0.717) is 22.0 Å². The number of nitrogens with one attached hydrogen (secondary N) is 1. The number of amides is 2. The number of benzene rings is 2. The summed E-state index contributed by atoms with van der Waals surface area (Å²) in [5.74, 6) is -0.462. The average molecular weight is 359 g/mol. The molecule has 0 aliphatic rings. The molecule has 0 spiro atoms. The molecule has 5 nitrogen and oxygen atoms in total. The standard InChI is InChI=1S/C19H19ClN2O3/c1-13(23)15-4-3-5-17(12-15)21-19(25)10-11-22(14(2)24)18-8-6-16(20)7-9-18/h3-9,12H,10-11H2,1-2H3,(H,21,25). The highest BCUT2D eigenvalue weighted by Gasteiger charge is 2.14. The zero-order valence-electron chi connectivity index (χ0n) is 14.1. The van der Waals surface area contributed by atoms with Crippen LogP contribution in [-0.2, 0) is 9.59 Å². The third kappa shape index (κ3) is 5.43. The van der Waals surface area contributed by atoms with Gasteiger partial charge in [0.15, 0.2) is 5.78 Å². The molecule has 0 fully saturated rings. The third-order valence-electron chi connectivity index (χ3n) is 3.63. The van der Waals surface area contributed by atoms with Gasteiger partial charge in [-0.1, -0.05) is 23.7 Å². The van der Waals surface area contributed by atoms with E-state index in [-0.39, 0.29) is 30.6 Å². The first-order valence-corrected chi connectivity index (χ1v) is 8.19. The molecule has 0 bridgehead atoms. The zero-order valence-corrected chi connectivity index (χ0v) is 14.8. The summed E-state index contributed by atoms with van der Waals surface area (Å²) in [7, 11) is 0. The van der Waals surface area contributed by atoms with Gasteiger partial charge in [0.1, 0.15) is 0 Å². The molecule has 2 rings (SSSR count). The summed E-state index contributed by atoms with van der Waals surface area (Å²) in [4.78, 5) is 36.9. The SMILES string of the molecule is CC(=O)c1cccc(NC(=O)CCN(C(C)=O)c2ccc(Cl)cc2)c1. The Balaban J connectivity index is 1.99. The second kappa shape index (κ2) is 8.44. The van der Waals surface area contributed by atoms with Gasteiger partial charge in [-0.3, -0.25) is 14.4 Å². The van der Waals surface area contributed by atoms with Crippen molar-refractivity contribution in [1.82, 2.24) is 0 Å². The third-order valence-corrected chi connectivity index (χ3v) is 3.89. The first kappa shape index (κ1) is 18.7. The summed E-state index contributed by atoms with van der Waals surface area (Å²) >= 11 is 5.86. The van der Waals surface area contributed by atoms with Crippen molar-refractivity contribution in [2.75, 3.05) is 16.8 Å². The van der Waals surface area contributed by atoms with Gasteiger partial charge in [-0.2, -0.15) is 0 Å². The molecule has 0 heterocycles. The van der Waals surface area contributed by atoms with Crippen molar-refractivity contribution in [3.05, 3.63) is 59.1 Å². The Kier molecular flexibility index (Phi) is 6.31. The van der Waals surface area contributed by atoms with Crippen LogP contribution in [0.15, 0.2) is 48.5 Å². The minimum atomic E-state index is -0.235. The van der Waals surface area contributed by atoms with Crippen molar-refractivity contribution in [3.8, 4) is 0 Å². The molecule has 1 N–H and O–H groups in total. The second-order valence-electron chi connectivity index (χ2n) is 5.58. The Hall–Kier alpha value is -2.66. The van der Waals surface area contributed by atoms with Gasteiger partial charge in [0.2, 0.25) is 11.8 Å². The van der Waals surface area contributed by atoms with E-state index in [0.717, 1.165) is 0 Å². The number of anilines is 2. The molecule has 0 atom stereocenters. The maximum Gasteiger partial charge on any atom is 0.226 e. The van der Waals surface area contributed by atoms with Crippen LogP contribution < -0.4 is 10.2 Å². The van der Waals surface area contributed by atoms with Crippen molar-refractivity contribution >= 4 is 40.6 Å². The first-order valence-electron chi connectivity index (χ1n) is 7.81. The first-order chi connectivity index (χ1) is 11.9. The summed E-state index contributed by atoms with van der Waals surface area (Å²) in [5, 5.41) is 3.32. The number of halogens is 1. The van der Waals surface area contributed by atoms with E-state index in [1.54, 1.807) is 48.5 Å². The van der Waals surface area contributed by atoms with Gasteiger partial charge in [-0.05, 0) is 43.3 Å². The molecule has 0 aliphatic heterocycles. The van der Waals surface area contributed by atoms with Gasteiger partial charge in [-0.25, -0.2) is 0 Å². The molecule has 130 valence electrons. The van der Waals surface area contributed by atoms with Gasteiger partial charge >= 0.3 is 0 Å². The van der Waals surface area contributed by atoms with Crippen LogP contribution in [0.5, 0.6) is 0 Å². The number of ketones is 1. The van der Waals surface area contributed by atoms with Crippen LogP contribution in [0.4, 0.5) is 11.4 Å². The van der Waals surface area contributed by atoms with Crippen molar-refractivity contribution in [2.45, 2.75) is 20.3 Å². The Morgan fingerprint density at radius 3 is 2.32 bits per heavy atom. The maximum absolute atomic E-state index is 12.2.